The Balaban J connectivity index is 1.74. The van der Waals surface area contributed by atoms with Gasteiger partial charge in [0.25, 0.3) is 0 Å². The normalized spacial score (nSPS) is 14.1. The first-order valence-electron chi connectivity index (χ1n) is 6.25. The Morgan fingerprint density at radius 2 is 1.94 bits per heavy atom. The van der Waals surface area contributed by atoms with Crippen LogP contribution >= 0.6 is 0 Å². The van der Waals surface area contributed by atoms with E-state index in [0.29, 0.717) is 12.5 Å². The highest BCUT2D eigenvalue weighted by Crippen LogP contribution is 2.18. The standard InChI is InChI=1S/C14H18N2O2/c1-10-4-2-3-5-11(10)8-13(17)15-9-14(18)16-12-6-7-12/h2-5,12H,6-9H2,1H3,(H,15,17)(H,16,18). The second-order valence-corrected chi connectivity index (χ2v) is 4.72. The fourth-order valence-electron chi connectivity index (χ4n) is 1.73. The second kappa shape index (κ2) is 5.67. The SMILES string of the molecule is Cc1ccccc1CC(=O)NCC(=O)NC1CC1. The smallest absolute Gasteiger partial charge is 0.239 e. The Kier molecular flexibility index (Phi) is 3.97. The molecule has 1 saturated carbocycles. The highest BCUT2D eigenvalue weighted by atomic mass is 16.2. The summed E-state index contributed by atoms with van der Waals surface area (Å²) in [7, 11) is 0. The van der Waals surface area contributed by atoms with Gasteiger partial charge in [0.15, 0.2) is 0 Å². The van der Waals surface area contributed by atoms with Gasteiger partial charge in [-0.15, -0.1) is 0 Å². The van der Waals surface area contributed by atoms with Crippen molar-refractivity contribution < 1.29 is 9.59 Å². The van der Waals surface area contributed by atoms with Crippen LogP contribution in [0.4, 0.5) is 0 Å². The highest BCUT2D eigenvalue weighted by Gasteiger charge is 2.23. The lowest BCUT2D eigenvalue weighted by Gasteiger charge is -2.07. The minimum Gasteiger partial charge on any atom is -0.352 e. The van der Waals surface area contributed by atoms with Gasteiger partial charge >= 0.3 is 0 Å². The zero-order valence-electron chi connectivity index (χ0n) is 10.5. The van der Waals surface area contributed by atoms with Crippen LogP contribution in [0, 0.1) is 6.92 Å². The van der Waals surface area contributed by atoms with Crippen LogP contribution in [0.1, 0.15) is 24.0 Å². The van der Waals surface area contributed by atoms with Gasteiger partial charge in [-0.3, -0.25) is 9.59 Å². The van der Waals surface area contributed by atoms with E-state index in [2.05, 4.69) is 10.6 Å². The highest BCUT2D eigenvalue weighted by molar-refractivity contribution is 5.86. The molecule has 2 rings (SSSR count). The molecule has 1 fully saturated rings. The van der Waals surface area contributed by atoms with Crippen LogP contribution in [0.3, 0.4) is 0 Å². The molecule has 2 N–H and O–H groups in total. The third-order valence-corrected chi connectivity index (χ3v) is 3.00. The van der Waals surface area contributed by atoms with Gasteiger partial charge in [-0.1, -0.05) is 24.3 Å². The average molecular weight is 246 g/mol. The van der Waals surface area contributed by atoms with Crippen molar-refractivity contribution >= 4 is 11.8 Å². The fraction of sp³-hybridized carbons (Fsp3) is 0.429. The van der Waals surface area contributed by atoms with Crippen LogP contribution in [0.15, 0.2) is 24.3 Å². The summed E-state index contributed by atoms with van der Waals surface area (Å²) in [6.07, 6.45) is 2.44. The summed E-state index contributed by atoms with van der Waals surface area (Å²) in [5.74, 6) is -0.217. The summed E-state index contributed by atoms with van der Waals surface area (Å²) in [5, 5.41) is 5.47. The van der Waals surface area contributed by atoms with Gasteiger partial charge < -0.3 is 10.6 Å². The molecule has 0 aromatic heterocycles. The monoisotopic (exact) mass is 246 g/mol. The van der Waals surface area contributed by atoms with E-state index in [9.17, 15) is 9.59 Å². The summed E-state index contributed by atoms with van der Waals surface area (Å²) in [6.45, 7) is 2.05. The fourth-order valence-corrected chi connectivity index (χ4v) is 1.73. The topological polar surface area (TPSA) is 58.2 Å². The molecule has 4 nitrogen and oxygen atoms in total. The number of hydrogen-bond acceptors (Lipinski definition) is 2. The van der Waals surface area contributed by atoms with Gasteiger partial charge in [0.05, 0.1) is 13.0 Å². The number of carbonyl (C=O) groups is 2. The maximum Gasteiger partial charge on any atom is 0.239 e. The first-order valence-corrected chi connectivity index (χ1v) is 6.25. The van der Waals surface area contributed by atoms with E-state index in [0.717, 1.165) is 24.0 Å². The molecule has 0 heterocycles. The predicted molar refractivity (Wildman–Crippen MR) is 69.1 cm³/mol. The van der Waals surface area contributed by atoms with E-state index in [1.54, 1.807) is 0 Å². The maximum absolute atomic E-state index is 11.7. The van der Waals surface area contributed by atoms with Crippen LogP contribution in [0.25, 0.3) is 0 Å². The molecule has 0 aliphatic heterocycles. The minimum absolute atomic E-state index is 0.0706. The third kappa shape index (κ3) is 3.87. The van der Waals surface area contributed by atoms with Crippen LogP contribution in [-0.4, -0.2) is 24.4 Å². The Bertz CT molecular complexity index is 453. The predicted octanol–water partition coefficient (Wildman–Crippen LogP) is 0.932. The molecule has 0 saturated heterocycles. The minimum atomic E-state index is -0.116. The lowest BCUT2D eigenvalue weighted by atomic mass is 10.1. The lowest BCUT2D eigenvalue weighted by Crippen LogP contribution is -2.38. The zero-order chi connectivity index (χ0) is 13.0. The molecule has 0 radical (unpaired) electrons. The van der Waals surface area contributed by atoms with Crippen molar-refractivity contribution in [2.24, 2.45) is 0 Å². The maximum atomic E-state index is 11.7. The zero-order valence-corrected chi connectivity index (χ0v) is 10.5. The average Bonchev–Trinajstić information content (AvgIpc) is 3.13. The van der Waals surface area contributed by atoms with Crippen LogP contribution in [0.5, 0.6) is 0 Å². The lowest BCUT2D eigenvalue weighted by molar-refractivity contribution is -0.125. The summed E-state index contributed by atoms with van der Waals surface area (Å²) >= 11 is 0. The Labute approximate surface area is 107 Å². The number of benzene rings is 1. The van der Waals surface area contributed by atoms with E-state index in [1.807, 2.05) is 31.2 Å². The van der Waals surface area contributed by atoms with E-state index < -0.39 is 0 Å². The van der Waals surface area contributed by atoms with E-state index in [-0.39, 0.29) is 18.4 Å². The summed E-state index contributed by atoms with van der Waals surface area (Å²) in [5.41, 5.74) is 2.09. The van der Waals surface area contributed by atoms with E-state index in [4.69, 9.17) is 0 Å². The molecule has 0 bridgehead atoms. The molecule has 4 heteroatoms. The van der Waals surface area contributed by atoms with Gasteiger partial charge in [-0.05, 0) is 30.9 Å². The Morgan fingerprint density at radius 1 is 1.22 bits per heavy atom. The van der Waals surface area contributed by atoms with E-state index >= 15 is 0 Å². The third-order valence-electron chi connectivity index (χ3n) is 3.00. The van der Waals surface area contributed by atoms with Crippen molar-refractivity contribution in [1.82, 2.24) is 10.6 Å². The molecule has 1 aliphatic rings. The van der Waals surface area contributed by atoms with Gasteiger partial charge in [0.2, 0.25) is 11.8 Å². The number of aryl methyl sites for hydroxylation is 1. The number of hydrogen-bond donors (Lipinski definition) is 2. The van der Waals surface area contributed by atoms with Crippen molar-refractivity contribution in [2.75, 3.05) is 6.54 Å². The molecule has 0 spiro atoms. The summed E-state index contributed by atoms with van der Waals surface area (Å²) in [6, 6.07) is 8.10. The first-order chi connectivity index (χ1) is 8.65. The Morgan fingerprint density at radius 3 is 2.61 bits per heavy atom. The van der Waals surface area contributed by atoms with Gasteiger partial charge in [0.1, 0.15) is 0 Å². The molecular weight excluding hydrogens is 228 g/mol. The van der Waals surface area contributed by atoms with Gasteiger partial charge in [0, 0.05) is 6.04 Å². The molecule has 0 atom stereocenters. The van der Waals surface area contributed by atoms with Crippen molar-refractivity contribution in [3.8, 4) is 0 Å². The van der Waals surface area contributed by atoms with Crippen molar-refractivity contribution in [1.29, 1.82) is 0 Å². The molecule has 1 aliphatic carbocycles. The molecule has 96 valence electrons. The number of amides is 2. The Hall–Kier alpha value is -1.84. The molecule has 1 aromatic rings. The van der Waals surface area contributed by atoms with Crippen LogP contribution in [-0.2, 0) is 16.0 Å². The largest absolute Gasteiger partial charge is 0.352 e. The van der Waals surface area contributed by atoms with Crippen molar-refractivity contribution in [3.63, 3.8) is 0 Å². The second-order valence-electron chi connectivity index (χ2n) is 4.72. The number of carbonyl (C=O) groups excluding carboxylic acids is 2. The molecule has 0 unspecified atom stereocenters. The number of nitrogens with one attached hydrogen (secondary N) is 2. The molecule has 1 aromatic carbocycles. The molecule has 18 heavy (non-hydrogen) atoms. The van der Waals surface area contributed by atoms with Crippen LogP contribution in [0.2, 0.25) is 0 Å². The van der Waals surface area contributed by atoms with E-state index in [1.165, 1.54) is 0 Å². The van der Waals surface area contributed by atoms with Crippen molar-refractivity contribution in [3.05, 3.63) is 35.4 Å². The molecular formula is C14H18N2O2. The summed E-state index contributed by atoms with van der Waals surface area (Å²) in [4.78, 5) is 23.1. The molecule has 2 amide bonds. The van der Waals surface area contributed by atoms with Crippen LogP contribution < -0.4 is 10.6 Å². The first kappa shape index (κ1) is 12.6. The van der Waals surface area contributed by atoms with Gasteiger partial charge in [-0.25, -0.2) is 0 Å². The quantitative estimate of drug-likeness (QED) is 0.812. The number of rotatable bonds is 5. The van der Waals surface area contributed by atoms with Crippen molar-refractivity contribution in [2.45, 2.75) is 32.2 Å². The summed E-state index contributed by atoms with van der Waals surface area (Å²) < 4.78 is 0. The van der Waals surface area contributed by atoms with Gasteiger partial charge in [-0.2, -0.15) is 0 Å².